The molecule has 4 N–H and O–H groups in total. The van der Waals surface area contributed by atoms with Crippen molar-refractivity contribution in [1.29, 1.82) is 0 Å². The zero-order valence-corrected chi connectivity index (χ0v) is 33.7. The summed E-state index contributed by atoms with van der Waals surface area (Å²) in [6, 6.07) is 0. The molecular weight excluding hydrogens is 699 g/mol. The second-order valence-electron chi connectivity index (χ2n) is 13.6. The van der Waals surface area contributed by atoms with E-state index in [9.17, 15) is 24.2 Å². The molecule has 0 aliphatic heterocycles. The molecule has 0 aromatic rings. The van der Waals surface area contributed by atoms with Crippen LogP contribution in [0.3, 0.4) is 0 Å². The van der Waals surface area contributed by atoms with Crippen LogP contribution in [0.1, 0.15) is 149 Å². The number of allylic oxidation sites excluding steroid dienone is 8. The summed E-state index contributed by atoms with van der Waals surface area (Å²) < 4.78 is 32.5. The number of phosphoric ester groups is 1. The monoisotopic (exact) mass is 772 g/mol. The van der Waals surface area contributed by atoms with E-state index in [2.05, 4.69) is 54.8 Å². The van der Waals surface area contributed by atoms with Crippen molar-refractivity contribution in [2.75, 3.05) is 33.0 Å². The van der Waals surface area contributed by atoms with Crippen molar-refractivity contribution in [2.24, 2.45) is 5.92 Å². The second kappa shape index (κ2) is 36.8. The molecule has 0 bridgehead atoms. The zero-order chi connectivity index (χ0) is 39.3. The summed E-state index contributed by atoms with van der Waals surface area (Å²) in [7, 11) is -4.63. The highest BCUT2D eigenvalue weighted by Crippen LogP contribution is 2.43. The van der Waals surface area contributed by atoms with E-state index in [4.69, 9.17) is 24.2 Å². The fraction of sp³-hybridized carbons (Fsp3) is 0.756. The summed E-state index contributed by atoms with van der Waals surface area (Å²) in [5, 5.41) is 27.1. The standard InChI is InChI=1S/C41H73O11P/c1-3-37(2)29-25-21-17-14-15-19-23-27-31-41(46)52-39(36-51-53(47,48)50-34-38(44)33-43)35-49-40(45)30-26-22-18-13-11-9-7-5-4-6-8-10-12-16-20-24-28-32-42/h4,6-7,9-10,12-13,18,37-39,42-44H,3,5,8,11,14-17,19-36H2,1-2H3,(H,47,48)/b6-4-,9-7-,12-10-,18-13-/t37?,38-,39+/m0/s1. The van der Waals surface area contributed by atoms with Gasteiger partial charge in [0.25, 0.3) is 0 Å². The molecule has 0 aromatic heterocycles. The zero-order valence-electron chi connectivity index (χ0n) is 32.8. The molecule has 4 atom stereocenters. The second-order valence-corrected chi connectivity index (χ2v) is 15.1. The first-order valence-electron chi connectivity index (χ1n) is 20.1. The number of unbranched alkanes of at least 4 members (excludes halogenated alkanes) is 11. The predicted molar refractivity (Wildman–Crippen MR) is 211 cm³/mol. The average molecular weight is 773 g/mol. The van der Waals surface area contributed by atoms with Crippen LogP contribution < -0.4 is 0 Å². The molecule has 0 heterocycles. The van der Waals surface area contributed by atoms with Crippen LogP contribution >= 0.6 is 7.82 Å². The fourth-order valence-corrected chi connectivity index (χ4v) is 5.85. The van der Waals surface area contributed by atoms with E-state index in [-0.39, 0.29) is 26.1 Å². The number of hydrogen-bond donors (Lipinski definition) is 4. The van der Waals surface area contributed by atoms with Gasteiger partial charge in [-0.05, 0) is 63.7 Å². The van der Waals surface area contributed by atoms with Crippen molar-refractivity contribution in [2.45, 2.75) is 161 Å². The van der Waals surface area contributed by atoms with Gasteiger partial charge >= 0.3 is 19.8 Å². The Morgan fingerprint density at radius 1 is 0.642 bits per heavy atom. The highest BCUT2D eigenvalue weighted by atomic mass is 31.2. The molecule has 0 saturated carbocycles. The Morgan fingerprint density at radius 2 is 1.15 bits per heavy atom. The van der Waals surface area contributed by atoms with Crippen LogP contribution in [0.2, 0.25) is 0 Å². The summed E-state index contributed by atoms with van der Waals surface area (Å²) in [5.41, 5.74) is 0. The molecule has 0 rings (SSSR count). The van der Waals surface area contributed by atoms with E-state index in [0.717, 1.165) is 70.1 Å². The Balaban J connectivity index is 4.43. The van der Waals surface area contributed by atoms with Gasteiger partial charge in [0.15, 0.2) is 6.10 Å². The summed E-state index contributed by atoms with van der Waals surface area (Å²) >= 11 is 0. The Labute approximate surface area is 320 Å². The lowest BCUT2D eigenvalue weighted by atomic mass is 9.99. The predicted octanol–water partition coefficient (Wildman–Crippen LogP) is 8.99. The first-order valence-corrected chi connectivity index (χ1v) is 21.6. The van der Waals surface area contributed by atoms with Gasteiger partial charge < -0.3 is 29.7 Å². The van der Waals surface area contributed by atoms with Crippen LogP contribution in [0.15, 0.2) is 48.6 Å². The smallest absolute Gasteiger partial charge is 0.462 e. The van der Waals surface area contributed by atoms with Gasteiger partial charge in [-0.25, -0.2) is 4.57 Å². The molecule has 53 heavy (non-hydrogen) atoms. The van der Waals surface area contributed by atoms with Crippen LogP contribution in [-0.4, -0.2) is 77.4 Å². The number of esters is 2. The highest BCUT2D eigenvalue weighted by molar-refractivity contribution is 7.47. The topological polar surface area (TPSA) is 169 Å². The maximum absolute atomic E-state index is 12.6. The number of carbonyl (C=O) groups is 2. The largest absolute Gasteiger partial charge is 0.472 e. The van der Waals surface area contributed by atoms with Gasteiger partial charge in [0.05, 0.1) is 19.8 Å². The molecule has 11 nitrogen and oxygen atoms in total. The lowest BCUT2D eigenvalue weighted by Crippen LogP contribution is -2.29. The molecule has 12 heteroatoms. The first kappa shape index (κ1) is 50.9. The van der Waals surface area contributed by atoms with E-state index in [1.54, 1.807) is 0 Å². The number of phosphoric acid groups is 1. The first-order chi connectivity index (χ1) is 25.6. The van der Waals surface area contributed by atoms with E-state index < -0.39 is 51.8 Å². The maximum atomic E-state index is 12.6. The van der Waals surface area contributed by atoms with Crippen LogP contribution in [0.5, 0.6) is 0 Å². The van der Waals surface area contributed by atoms with E-state index >= 15 is 0 Å². The van der Waals surface area contributed by atoms with Gasteiger partial charge in [-0.3, -0.25) is 18.6 Å². The Hall–Kier alpha value is -2.11. The minimum Gasteiger partial charge on any atom is -0.462 e. The third-order valence-corrected chi connectivity index (χ3v) is 9.53. The Kier molecular flexibility index (Phi) is 35.4. The quantitative estimate of drug-likeness (QED) is 0.0206. The maximum Gasteiger partial charge on any atom is 0.472 e. The lowest BCUT2D eigenvalue weighted by Gasteiger charge is -2.20. The van der Waals surface area contributed by atoms with Gasteiger partial charge in [-0.1, -0.05) is 127 Å². The van der Waals surface area contributed by atoms with Crippen LogP contribution in [0.25, 0.3) is 0 Å². The third kappa shape index (κ3) is 36.6. The SMILES string of the molecule is CCC(C)CCCCCCCCCCC(=O)O[C@H](COC(=O)CCC/C=C\C/C=C\C/C=C\C/C=C\CCCCCO)COP(=O)(O)OC[C@@H](O)CO. The molecule has 308 valence electrons. The number of aliphatic hydroxyl groups is 3. The van der Waals surface area contributed by atoms with Gasteiger partial charge in [0.2, 0.25) is 0 Å². The lowest BCUT2D eigenvalue weighted by molar-refractivity contribution is -0.161. The molecular formula is C41H73O11P. The molecule has 0 fully saturated rings. The van der Waals surface area contributed by atoms with E-state index in [1.807, 2.05) is 12.2 Å². The van der Waals surface area contributed by atoms with Gasteiger partial charge in [0, 0.05) is 19.4 Å². The van der Waals surface area contributed by atoms with Gasteiger partial charge in [0.1, 0.15) is 12.7 Å². The van der Waals surface area contributed by atoms with Crippen molar-refractivity contribution in [3.05, 3.63) is 48.6 Å². The molecule has 0 aliphatic carbocycles. The summed E-state index contributed by atoms with van der Waals surface area (Å²) in [4.78, 5) is 34.8. The van der Waals surface area contributed by atoms with Crippen molar-refractivity contribution in [1.82, 2.24) is 0 Å². The molecule has 0 radical (unpaired) electrons. The number of carbonyl (C=O) groups excluding carboxylic acids is 2. The number of aliphatic hydroxyl groups excluding tert-OH is 3. The normalized spacial score (nSPS) is 15.1. The van der Waals surface area contributed by atoms with Gasteiger partial charge in [-0.2, -0.15) is 0 Å². The van der Waals surface area contributed by atoms with Crippen LogP contribution in [0.4, 0.5) is 0 Å². The highest BCUT2D eigenvalue weighted by Gasteiger charge is 2.27. The summed E-state index contributed by atoms with van der Waals surface area (Å²) in [6.07, 6.45) is 33.9. The van der Waals surface area contributed by atoms with Crippen molar-refractivity contribution in [3.8, 4) is 0 Å². The Morgan fingerprint density at radius 3 is 1.74 bits per heavy atom. The molecule has 0 saturated heterocycles. The summed E-state index contributed by atoms with van der Waals surface area (Å²) in [6.45, 7) is 2.61. The van der Waals surface area contributed by atoms with E-state index in [0.29, 0.717) is 19.3 Å². The van der Waals surface area contributed by atoms with Crippen LogP contribution in [-0.2, 0) is 32.7 Å². The molecule has 2 unspecified atom stereocenters. The Bertz CT molecular complexity index is 1040. The number of ether oxygens (including phenoxy) is 2. The summed E-state index contributed by atoms with van der Waals surface area (Å²) in [5.74, 6) is -0.209. The van der Waals surface area contributed by atoms with Crippen molar-refractivity contribution >= 4 is 19.8 Å². The average Bonchev–Trinajstić information content (AvgIpc) is 3.14. The molecule has 0 spiro atoms. The molecule has 0 aliphatic rings. The molecule has 0 amide bonds. The number of hydrogen-bond acceptors (Lipinski definition) is 10. The number of rotatable bonds is 37. The third-order valence-electron chi connectivity index (χ3n) is 8.58. The molecule has 0 aromatic carbocycles. The van der Waals surface area contributed by atoms with Crippen molar-refractivity contribution < 1.29 is 52.9 Å². The van der Waals surface area contributed by atoms with E-state index in [1.165, 1.54) is 38.5 Å². The van der Waals surface area contributed by atoms with Crippen molar-refractivity contribution in [3.63, 3.8) is 0 Å². The van der Waals surface area contributed by atoms with Crippen LogP contribution in [0, 0.1) is 5.92 Å². The minimum atomic E-state index is -4.63. The van der Waals surface area contributed by atoms with Gasteiger partial charge in [-0.15, -0.1) is 0 Å². The minimum absolute atomic E-state index is 0.155. The fourth-order valence-electron chi connectivity index (χ4n) is 5.06.